The number of anilines is 1. The predicted molar refractivity (Wildman–Crippen MR) is 123 cm³/mol. The first-order chi connectivity index (χ1) is 16.6. The number of hydrogen-bond donors (Lipinski definition) is 1. The average Bonchev–Trinajstić information content (AvgIpc) is 3.57. The average molecular weight is 475 g/mol. The molecule has 4 heterocycles. The van der Waals surface area contributed by atoms with Crippen molar-refractivity contribution >= 4 is 40.3 Å². The molecule has 1 N–H and O–H groups in total. The van der Waals surface area contributed by atoms with Crippen molar-refractivity contribution in [3.63, 3.8) is 0 Å². The summed E-state index contributed by atoms with van der Waals surface area (Å²) in [4.78, 5) is 37.9. The zero-order valence-electron chi connectivity index (χ0n) is 17.4. The molecule has 1 aromatic carbocycles. The van der Waals surface area contributed by atoms with E-state index in [1.807, 2.05) is 0 Å². The second-order valence-corrected chi connectivity index (χ2v) is 7.50. The van der Waals surface area contributed by atoms with Crippen molar-refractivity contribution < 1.29 is 23.2 Å². The molecule has 0 unspecified atom stereocenters. The maximum Gasteiger partial charge on any atom is 0.338 e. The number of pyridine rings is 1. The summed E-state index contributed by atoms with van der Waals surface area (Å²) in [5.41, 5.74) is 2.19. The summed E-state index contributed by atoms with van der Waals surface area (Å²) >= 11 is 5.77. The summed E-state index contributed by atoms with van der Waals surface area (Å²) in [6, 6.07) is 14.9. The lowest BCUT2D eigenvalue weighted by Gasteiger charge is -2.09. The summed E-state index contributed by atoms with van der Waals surface area (Å²) in [5, 5.41) is 2.96. The molecule has 34 heavy (non-hydrogen) atoms. The number of carbonyl (C=O) groups excluding carboxylic acids is 2. The molecule has 0 saturated carbocycles. The van der Waals surface area contributed by atoms with Crippen molar-refractivity contribution in [3.8, 4) is 22.9 Å². The first kappa shape index (κ1) is 21.4. The van der Waals surface area contributed by atoms with E-state index in [0.717, 1.165) is 0 Å². The molecular formula is C24H15ClN4O5. The molecule has 0 radical (unpaired) electrons. The van der Waals surface area contributed by atoms with Crippen molar-refractivity contribution in [2.75, 3.05) is 11.9 Å². The van der Waals surface area contributed by atoms with Gasteiger partial charge in [0.05, 0.1) is 34.1 Å². The van der Waals surface area contributed by atoms with E-state index in [1.54, 1.807) is 54.8 Å². The fraction of sp³-hybridized carbons (Fsp3) is 0.0417. The Morgan fingerprint density at radius 1 is 0.912 bits per heavy atom. The van der Waals surface area contributed by atoms with E-state index in [1.165, 1.54) is 18.5 Å². The molecule has 5 aromatic rings. The first-order valence-electron chi connectivity index (χ1n) is 10.0. The van der Waals surface area contributed by atoms with Crippen LogP contribution in [0.15, 0.2) is 82.2 Å². The highest BCUT2D eigenvalue weighted by Gasteiger charge is 2.19. The van der Waals surface area contributed by atoms with Gasteiger partial charge in [0.2, 0.25) is 0 Å². The van der Waals surface area contributed by atoms with Gasteiger partial charge in [-0.2, -0.15) is 0 Å². The van der Waals surface area contributed by atoms with Gasteiger partial charge in [0.25, 0.3) is 5.91 Å². The van der Waals surface area contributed by atoms with E-state index >= 15 is 0 Å². The van der Waals surface area contributed by atoms with Crippen molar-refractivity contribution in [1.29, 1.82) is 0 Å². The molecule has 0 aliphatic heterocycles. The molecule has 1 amide bonds. The third kappa shape index (κ3) is 4.50. The van der Waals surface area contributed by atoms with Crippen LogP contribution in [0.5, 0.6) is 0 Å². The Kier molecular flexibility index (Phi) is 5.75. The van der Waals surface area contributed by atoms with Crippen molar-refractivity contribution in [1.82, 2.24) is 15.0 Å². The number of fused-ring (bicyclic) bond motifs is 1. The maximum atomic E-state index is 12.5. The molecule has 0 aliphatic rings. The van der Waals surface area contributed by atoms with E-state index in [9.17, 15) is 9.59 Å². The molecule has 0 saturated heterocycles. The van der Waals surface area contributed by atoms with Gasteiger partial charge in [0.15, 0.2) is 18.1 Å². The number of rotatable bonds is 6. The van der Waals surface area contributed by atoms with E-state index in [4.69, 9.17) is 25.2 Å². The lowest BCUT2D eigenvalue weighted by Crippen LogP contribution is -2.21. The van der Waals surface area contributed by atoms with Gasteiger partial charge in [-0.25, -0.2) is 19.7 Å². The van der Waals surface area contributed by atoms with Crippen LogP contribution in [0.4, 0.5) is 5.82 Å². The third-order valence-corrected chi connectivity index (χ3v) is 4.96. The zero-order chi connectivity index (χ0) is 23.5. The molecule has 9 nitrogen and oxygen atoms in total. The van der Waals surface area contributed by atoms with Gasteiger partial charge in [-0.3, -0.25) is 4.79 Å². The summed E-state index contributed by atoms with van der Waals surface area (Å²) in [6.07, 6.45) is 4.48. The van der Waals surface area contributed by atoms with Crippen LogP contribution in [-0.4, -0.2) is 33.4 Å². The maximum absolute atomic E-state index is 12.5. The smallest absolute Gasteiger partial charge is 0.338 e. The quantitative estimate of drug-likeness (QED) is 0.341. The molecule has 10 heteroatoms. The fourth-order valence-corrected chi connectivity index (χ4v) is 3.31. The van der Waals surface area contributed by atoms with Crippen LogP contribution in [0.1, 0.15) is 10.4 Å². The highest BCUT2D eigenvalue weighted by atomic mass is 35.5. The molecule has 0 spiro atoms. The van der Waals surface area contributed by atoms with Crippen molar-refractivity contribution in [2.24, 2.45) is 0 Å². The van der Waals surface area contributed by atoms with Crippen LogP contribution in [0.25, 0.3) is 33.9 Å². The second kappa shape index (κ2) is 9.16. The minimum absolute atomic E-state index is 0.218. The Hall–Kier alpha value is -4.50. The zero-order valence-corrected chi connectivity index (χ0v) is 18.2. The van der Waals surface area contributed by atoms with Gasteiger partial charge in [-0.05, 0) is 54.6 Å². The number of nitrogens with one attached hydrogen (secondary N) is 1. The minimum Gasteiger partial charge on any atom is -0.463 e. The Balaban J connectivity index is 1.37. The standard InChI is InChI=1S/C24H15ClN4O5/c25-15-6-8-20(26-12-15)29-21(30)13-34-24(31)14-5-7-16-17(11-14)28-23(19-4-2-10-33-19)22(27-16)18-3-1-9-32-18/h1-12H,13H2,(H,26,29,30). The number of amides is 1. The number of halogens is 1. The van der Waals surface area contributed by atoms with Gasteiger partial charge in [-0.1, -0.05) is 11.6 Å². The molecule has 5 rings (SSSR count). The van der Waals surface area contributed by atoms with Crippen LogP contribution in [0.3, 0.4) is 0 Å². The number of furan rings is 2. The SMILES string of the molecule is O=C(COC(=O)c1ccc2nc(-c3ccco3)c(-c3ccco3)nc2c1)Nc1ccc(Cl)cn1. The van der Waals surface area contributed by atoms with Gasteiger partial charge in [0, 0.05) is 6.20 Å². The predicted octanol–water partition coefficient (Wildman–Crippen LogP) is 4.99. The largest absolute Gasteiger partial charge is 0.463 e. The van der Waals surface area contributed by atoms with Gasteiger partial charge >= 0.3 is 5.97 Å². The molecule has 0 atom stereocenters. The van der Waals surface area contributed by atoms with Crippen molar-refractivity contribution in [2.45, 2.75) is 0 Å². The Bertz CT molecular complexity index is 1470. The summed E-state index contributed by atoms with van der Waals surface area (Å²) in [7, 11) is 0. The third-order valence-electron chi connectivity index (χ3n) is 4.74. The fourth-order valence-electron chi connectivity index (χ4n) is 3.19. The summed E-state index contributed by atoms with van der Waals surface area (Å²) < 4.78 is 16.2. The highest BCUT2D eigenvalue weighted by molar-refractivity contribution is 6.30. The number of nitrogens with zero attached hydrogens (tertiary/aromatic N) is 3. The first-order valence-corrected chi connectivity index (χ1v) is 10.4. The number of esters is 1. The molecule has 168 valence electrons. The number of ether oxygens (including phenoxy) is 1. The molecule has 4 aromatic heterocycles. The Labute approximate surface area is 197 Å². The van der Waals surface area contributed by atoms with E-state index in [2.05, 4.69) is 20.3 Å². The summed E-state index contributed by atoms with van der Waals surface area (Å²) in [5.74, 6) is 0.112. The van der Waals surface area contributed by atoms with E-state index < -0.39 is 18.5 Å². The molecule has 0 fully saturated rings. The Morgan fingerprint density at radius 3 is 2.24 bits per heavy atom. The van der Waals surface area contributed by atoms with Crippen LogP contribution in [0, 0.1) is 0 Å². The number of benzene rings is 1. The molecule has 0 aliphatic carbocycles. The lowest BCUT2D eigenvalue weighted by atomic mass is 10.1. The number of hydrogen-bond acceptors (Lipinski definition) is 8. The van der Waals surface area contributed by atoms with Crippen LogP contribution >= 0.6 is 11.6 Å². The lowest BCUT2D eigenvalue weighted by molar-refractivity contribution is -0.119. The van der Waals surface area contributed by atoms with Crippen LogP contribution in [0.2, 0.25) is 5.02 Å². The number of aromatic nitrogens is 3. The van der Waals surface area contributed by atoms with Crippen LogP contribution < -0.4 is 5.32 Å². The summed E-state index contributed by atoms with van der Waals surface area (Å²) in [6.45, 7) is -0.484. The van der Waals surface area contributed by atoms with Crippen molar-refractivity contribution in [3.05, 3.63) is 83.9 Å². The number of carbonyl (C=O) groups is 2. The van der Waals surface area contributed by atoms with Gasteiger partial charge in [0.1, 0.15) is 17.2 Å². The van der Waals surface area contributed by atoms with E-state index in [0.29, 0.717) is 44.8 Å². The highest BCUT2D eigenvalue weighted by Crippen LogP contribution is 2.31. The normalized spacial score (nSPS) is 10.9. The van der Waals surface area contributed by atoms with E-state index in [-0.39, 0.29) is 5.56 Å². The molecule has 0 bridgehead atoms. The molecular weight excluding hydrogens is 460 g/mol. The topological polar surface area (TPSA) is 120 Å². The van der Waals surface area contributed by atoms with Gasteiger partial charge in [-0.15, -0.1) is 0 Å². The Morgan fingerprint density at radius 2 is 1.62 bits per heavy atom. The monoisotopic (exact) mass is 474 g/mol. The van der Waals surface area contributed by atoms with Crippen LogP contribution in [-0.2, 0) is 9.53 Å². The minimum atomic E-state index is -0.683. The van der Waals surface area contributed by atoms with Gasteiger partial charge < -0.3 is 18.9 Å². The second-order valence-electron chi connectivity index (χ2n) is 7.06.